The van der Waals surface area contributed by atoms with Crippen molar-refractivity contribution < 1.29 is 9.84 Å². The minimum absolute atomic E-state index is 0.134. The van der Waals surface area contributed by atoms with Crippen LogP contribution >= 0.6 is 11.3 Å². The van der Waals surface area contributed by atoms with Gasteiger partial charge in [0.2, 0.25) is 0 Å². The molecule has 4 nitrogen and oxygen atoms in total. The largest absolute Gasteiger partial charge is 0.504 e. The first kappa shape index (κ1) is 11.8. The zero-order valence-electron chi connectivity index (χ0n) is 10.3. The summed E-state index contributed by atoms with van der Waals surface area (Å²) in [5.74, 6) is 0.593. The van der Waals surface area contributed by atoms with Gasteiger partial charge in [-0.05, 0) is 35.4 Å². The van der Waals surface area contributed by atoms with Crippen LogP contribution in [-0.4, -0.2) is 17.2 Å². The lowest BCUT2D eigenvalue weighted by Crippen LogP contribution is -1.85. The van der Waals surface area contributed by atoms with Gasteiger partial charge >= 0.3 is 0 Å². The van der Waals surface area contributed by atoms with E-state index in [2.05, 4.69) is 4.98 Å². The smallest absolute Gasteiger partial charge is 0.181 e. The number of fused-ring (bicyclic) bond motifs is 1. The molecule has 0 saturated carbocycles. The van der Waals surface area contributed by atoms with E-state index in [-0.39, 0.29) is 5.75 Å². The van der Waals surface area contributed by atoms with E-state index in [0.29, 0.717) is 10.9 Å². The number of methoxy groups -OCH3 is 1. The van der Waals surface area contributed by atoms with Gasteiger partial charge in [-0.3, -0.25) is 0 Å². The van der Waals surface area contributed by atoms with Crippen molar-refractivity contribution in [1.29, 1.82) is 0 Å². The topological polar surface area (TPSA) is 68.4 Å². The summed E-state index contributed by atoms with van der Waals surface area (Å²) in [7, 11) is 1.53. The second kappa shape index (κ2) is 4.44. The summed E-state index contributed by atoms with van der Waals surface area (Å²) in [5.41, 5.74) is 8.61. The molecule has 2 aromatic carbocycles. The van der Waals surface area contributed by atoms with Gasteiger partial charge in [0.15, 0.2) is 16.6 Å². The van der Waals surface area contributed by atoms with Crippen molar-refractivity contribution in [3.05, 3.63) is 36.4 Å². The van der Waals surface area contributed by atoms with E-state index in [9.17, 15) is 5.11 Å². The predicted molar refractivity (Wildman–Crippen MR) is 77.7 cm³/mol. The normalized spacial score (nSPS) is 10.8. The van der Waals surface area contributed by atoms with E-state index < -0.39 is 0 Å². The van der Waals surface area contributed by atoms with Gasteiger partial charge in [-0.2, -0.15) is 0 Å². The molecule has 3 aromatic rings. The average Bonchev–Trinajstić information content (AvgIpc) is 2.78. The Kier molecular flexibility index (Phi) is 2.76. The van der Waals surface area contributed by atoms with Crippen LogP contribution in [0.4, 0.5) is 5.13 Å². The number of hydrogen-bond acceptors (Lipinski definition) is 5. The molecule has 0 radical (unpaired) electrons. The van der Waals surface area contributed by atoms with Crippen molar-refractivity contribution in [2.75, 3.05) is 12.8 Å². The monoisotopic (exact) mass is 272 g/mol. The number of phenols is 1. The van der Waals surface area contributed by atoms with E-state index in [1.807, 2.05) is 24.3 Å². The molecule has 0 atom stereocenters. The zero-order chi connectivity index (χ0) is 13.4. The number of phenolic OH excluding ortho intramolecular Hbond substituents is 1. The van der Waals surface area contributed by atoms with Crippen LogP contribution in [0, 0.1) is 0 Å². The van der Waals surface area contributed by atoms with E-state index in [1.54, 1.807) is 12.1 Å². The second-order valence-corrected chi connectivity index (χ2v) is 5.18. The van der Waals surface area contributed by atoms with E-state index >= 15 is 0 Å². The number of nitrogens with two attached hydrogens (primary N) is 1. The van der Waals surface area contributed by atoms with Gasteiger partial charge in [-0.15, -0.1) is 0 Å². The highest BCUT2D eigenvalue weighted by Gasteiger charge is 2.07. The molecule has 0 aliphatic carbocycles. The summed E-state index contributed by atoms with van der Waals surface area (Å²) in [6, 6.07) is 11.2. The van der Waals surface area contributed by atoms with Gasteiger partial charge in [0.1, 0.15) is 0 Å². The van der Waals surface area contributed by atoms with Gasteiger partial charge in [-0.1, -0.05) is 23.5 Å². The van der Waals surface area contributed by atoms with E-state index in [1.165, 1.54) is 18.4 Å². The van der Waals surface area contributed by atoms with E-state index in [4.69, 9.17) is 10.5 Å². The first-order valence-corrected chi connectivity index (χ1v) is 6.52. The average molecular weight is 272 g/mol. The number of benzene rings is 2. The van der Waals surface area contributed by atoms with Crippen LogP contribution in [0.3, 0.4) is 0 Å². The number of nitrogens with zero attached hydrogens (tertiary/aromatic N) is 1. The maximum atomic E-state index is 9.61. The Bertz CT molecular complexity index is 752. The van der Waals surface area contributed by atoms with Gasteiger partial charge in [0, 0.05) is 0 Å². The van der Waals surface area contributed by atoms with Crippen molar-refractivity contribution in [2.45, 2.75) is 0 Å². The molecule has 96 valence electrons. The number of thiazole rings is 1. The molecule has 0 amide bonds. The molecule has 3 N–H and O–H groups in total. The van der Waals surface area contributed by atoms with Crippen LogP contribution in [0.1, 0.15) is 0 Å². The highest BCUT2D eigenvalue weighted by Crippen LogP contribution is 2.34. The molecule has 3 rings (SSSR count). The summed E-state index contributed by atoms with van der Waals surface area (Å²) in [4.78, 5) is 4.23. The van der Waals surface area contributed by atoms with Crippen LogP contribution in [0.2, 0.25) is 0 Å². The molecule has 1 heterocycles. The molecular formula is C14H12N2O2S. The summed E-state index contributed by atoms with van der Waals surface area (Å²) >= 11 is 1.46. The number of rotatable bonds is 2. The van der Waals surface area contributed by atoms with Crippen molar-refractivity contribution in [3.8, 4) is 22.6 Å². The number of anilines is 1. The molecule has 0 aliphatic heterocycles. The molecular weight excluding hydrogens is 260 g/mol. The molecule has 1 aromatic heterocycles. The number of aromatic nitrogens is 1. The van der Waals surface area contributed by atoms with Gasteiger partial charge < -0.3 is 15.6 Å². The second-order valence-electron chi connectivity index (χ2n) is 4.12. The fourth-order valence-corrected chi connectivity index (χ4v) is 2.75. The third kappa shape index (κ3) is 2.08. The summed E-state index contributed by atoms with van der Waals surface area (Å²) in [5, 5.41) is 10.2. The quantitative estimate of drug-likeness (QED) is 0.751. The Morgan fingerprint density at radius 2 is 1.89 bits per heavy atom. The molecule has 0 bridgehead atoms. The Labute approximate surface area is 114 Å². The molecule has 0 fully saturated rings. The molecule has 0 aliphatic rings. The van der Waals surface area contributed by atoms with Crippen LogP contribution in [0.15, 0.2) is 36.4 Å². The van der Waals surface area contributed by atoms with Crippen molar-refractivity contribution in [1.82, 2.24) is 4.98 Å². The lowest BCUT2D eigenvalue weighted by Gasteiger charge is -2.06. The minimum Gasteiger partial charge on any atom is -0.504 e. The lowest BCUT2D eigenvalue weighted by molar-refractivity contribution is 0.373. The van der Waals surface area contributed by atoms with E-state index in [0.717, 1.165) is 21.3 Å². The fourth-order valence-electron chi connectivity index (χ4n) is 1.98. The highest BCUT2D eigenvalue weighted by atomic mass is 32.1. The number of ether oxygens (including phenoxy) is 1. The minimum atomic E-state index is 0.134. The lowest BCUT2D eigenvalue weighted by atomic mass is 10.1. The third-order valence-corrected chi connectivity index (χ3v) is 3.77. The summed E-state index contributed by atoms with van der Waals surface area (Å²) in [6.07, 6.45) is 0. The first-order valence-electron chi connectivity index (χ1n) is 5.71. The standard InChI is InChI=1S/C14H12N2O2S/c1-18-12-6-8(3-5-11(12)17)9-2-4-10-13(7-9)19-14(15)16-10/h2-7,17H,1H3,(H2,15,16). The predicted octanol–water partition coefficient (Wildman–Crippen LogP) is 3.26. The maximum Gasteiger partial charge on any atom is 0.181 e. The Morgan fingerprint density at radius 3 is 2.68 bits per heavy atom. The third-order valence-electron chi connectivity index (χ3n) is 2.92. The van der Waals surface area contributed by atoms with Crippen molar-refractivity contribution in [2.24, 2.45) is 0 Å². The Morgan fingerprint density at radius 1 is 1.16 bits per heavy atom. The number of nitrogen functional groups attached to an aromatic ring is 1. The number of aromatic hydroxyl groups is 1. The zero-order valence-corrected chi connectivity index (χ0v) is 11.1. The molecule has 0 unspecified atom stereocenters. The fraction of sp³-hybridized carbons (Fsp3) is 0.0714. The number of hydrogen-bond donors (Lipinski definition) is 2. The Hall–Kier alpha value is -2.27. The Balaban J connectivity index is 2.12. The summed E-state index contributed by atoms with van der Waals surface area (Å²) < 4.78 is 6.16. The molecule has 0 saturated heterocycles. The highest BCUT2D eigenvalue weighted by molar-refractivity contribution is 7.22. The first-order chi connectivity index (χ1) is 9.17. The van der Waals surface area contributed by atoms with Crippen molar-refractivity contribution in [3.63, 3.8) is 0 Å². The molecule has 19 heavy (non-hydrogen) atoms. The summed E-state index contributed by atoms with van der Waals surface area (Å²) in [6.45, 7) is 0. The van der Waals surface area contributed by atoms with Gasteiger partial charge in [0.25, 0.3) is 0 Å². The van der Waals surface area contributed by atoms with Crippen molar-refractivity contribution >= 4 is 26.7 Å². The maximum absolute atomic E-state index is 9.61. The van der Waals surface area contributed by atoms with Crippen LogP contribution in [0.25, 0.3) is 21.3 Å². The van der Waals surface area contributed by atoms with Gasteiger partial charge in [0.05, 0.1) is 17.3 Å². The molecule has 0 spiro atoms. The SMILES string of the molecule is COc1cc(-c2ccc3nc(N)sc3c2)ccc1O. The molecule has 5 heteroatoms. The van der Waals surface area contributed by atoms with Gasteiger partial charge in [-0.25, -0.2) is 4.98 Å². The van der Waals surface area contributed by atoms with Crippen LogP contribution in [-0.2, 0) is 0 Å². The van der Waals surface area contributed by atoms with Crippen LogP contribution < -0.4 is 10.5 Å². The van der Waals surface area contributed by atoms with Crippen LogP contribution in [0.5, 0.6) is 11.5 Å².